The Morgan fingerprint density at radius 3 is 2.12 bits per heavy atom. The summed E-state index contributed by atoms with van der Waals surface area (Å²) in [6.45, 7) is 2.21. The van der Waals surface area contributed by atoms with E-state index in [1.165, 1.54) is 25.7 Å². The van der Waals surface area contributed by atoms with Crippen LogP contribution in [0.4, 0.5) is 0 Å². The minimum atomic E-state index is -0.784. The molecule has 3 N–H and O–H groups in total. The highest BCUT2D eigenvalue weighted by molar-refractivity contribution is 5.66. The maximum atomic E-state index is 10.4. The Balaban J connectivity index is 3.63. The second-order valence-corrected chi connectivity index (χ2v) is 6.74. The lowest BCUT2D eigenvalue weighted by molar-refractivity contribution is -0.137. The van der Waals surface area contributed by atoms with E-state index in [-0.39, 0.29) is 6.42 Å². The fourth-order valence-electron chi connectivity index (χ4n) is 2.56. The lowest BCUT2D eigenvalue weighted by Crippen LogP contribution is -2.25. The Morgan fingerprint density at radius 1 is 0.808 bits per heavy atom. The molecule has 0 aliphatic carbocycles. The van der Waals surface area contributed by atoms with E-state index in [1.54, 1.807) is 0 Å². The van der Waals surface area contributed by atoms with Gasteiger partial charge in [-0.05, 0) is 44.9 Å². The molecule has 0 bridgehead atoms. The first-order valence-corrected chi connectivity index (χ1v) is 10.1. The van der Waals surface area contributed by atoms with E-state index >= 15 is 0 Å². The molecule has 26 heavy (non-hydrogen) atoms. The highest BCUT2D eigenvalue weighted by atomic mass is 16.4. The molecule has 0 spiro atoms. The number of unbranched alkanes of at least 4 members (excludes halogenated alkanes) is 5. The van der Waals surface area contributed by atoms with Crippen molar-refractivity contribution >= 4 is 5.97 Å². The lowest BCUT2D eigenvalue weighted by Gasteiger charge is -2.15. The third-order valence-corrected chi connectivity index (χ3v) is 4.23. The fourth-order valence-corrected chi connectivity index (χ4v) is 2.56. The summed E-state index contributed by atoms with van der Waals surface area (Å²) in [5, 5.41) is 28.3. The van der Waals surface area contributed by atoms with Gasteiger partial charge in [-0.25, -0.2) is 0 Å². The lowest BCUT2D eigenvalue weighted by atomic mass is 10.0. The zero-order chi connectivity index (χ0) is 19.5. The first-order valence-electron chi connectivity index (χ1n) is 10.1. The van der Waals surface area contributed by atoms with Crippen molar-refractivity contribution in [2.75, 3.05) is 0 Å². The summed E-state index contributed by atoms with van der Waals surface area (Å²) in [7, 11) is 0. The van der Waals surface area contributed by atoms with Crippen LogP contribution in [0.25, 0.3) is 0 Å². The van der Waals surface area contributed by atoms with Gasteiger partial charge in [-0.2, -0.15) is 0 Å². The van der Waals surface area contributed by atoms with Crippen LogP contribution in [0.1, 0.15) is 84.0 Å². The minimum absolute atomic E-state index is 0.170. The first kappa shape index (κ1) is 24.6. The number of hydrogen-bond donors (Lipinski definition) is 3. The molecule has 0 saturated carbocycles. The molecule has 150 valence electrons. The second kappa shape index (κ2) is 18.4. The summed E-state index contributed by atoms with van der Waals surface area (Å²) in [6.07, 6.45) is 21.2. The predicted octanol–water partition coefficient (Wildman–Crippen LogP) is 5.16. The van der Waals surface area contributed by atoms with Crippen molar-refractivity contribution in [2.45, 2.75) is 96.2 Å². The van der Waals surface area contributed by atoms with E-state index in [2.05, 4.69) is 31.2 Å². The maximum Gasteiger partial charge on any atom is 0.303 e. The molecular formula is C22H38O4. The number of carbonyl (C=O) groups is 1. The van der Waals surface area contributed by atoms with Crippen molar-refractivity contribution in [1.82, 2.24) is 0 Å². The van der Waals surface area contributed by atoms with Crippen molar-refractivity contribution in [3.63, 3.8) is 0 Å². The van der Waals surface area contributed by atoms with Gasteiger partial charge in [0.05, 0.1) is 12.2 Å². The van der Waals surface area contributed by atoms with Crippen LogP contribution in [0.15, 0.2) is 36.5 Å². The van der Waals surface area contributed by atoms with E-state index in [0.29, 0.717) is 19.3 Å². The SMILES string of the molecule is CCCCCC=CCC=CCC=CCC(O)C(O)CCCCCC(=O)O. The molecule has 0 aliphatic heterocycles. The van der Waals surface area contributed by atoms with Crippen LogP contribution >= 0.6 is 0 Å². The topological polar surface area (TPSA) is 77.8 Å². The van der Waals surface area contributed by atoms with Crippen molar-refractivity contribution in [2.24, 2.45) is 0 Å². The average Bonchev–Trinajstić information content (AvgIpc) is 2.61. The van der Waals surface area contributed by atoms with Crippen LogP contribution in [-0.2, 0) is 4.79 Å². The number of hydrogen-bond acceptors (Lipinski definition) is 3. The Hall–Kier alpha value is -1.39. The highest BCUT2D eigenvalue weighted by Gasteiger charge is 2.14. The second-order valence-electron chi connectivity index (χ2n) is 6.74. The summed E-state index contributed by atoms with van der Waals surface area (Å²) in [5.41, 5.74) is 0. The average molecular weight is 367 g/mol. The molecule has 4 nitrogen and oxygen atoms in total. The van der Waals surface area contributed by atoms with Gasteiger partial charge in [-0.15, -0.1) is 0 Å². The Bertz CT molecular complexity index is 412. The molecule has 0 fully saturated rings. The molecule has 0 aliphatic rings. The highest BCUT2D eigenvalue weighted by Crippen LogP contribution is 2.11. The van der Waals surface area contributed by atoms with Crippen molar-refractivity contribution < 1.29 is 20.1 Å². The van der Waals surface area contributed by atoms with Crippen molar-refractivity contribution in [1.29, 1.82) is 0 Å². The van der Waals surface area contributed by atoms with E-state index in [1.807, 2.05) is 12.2 Å². The molecule has 0 saturated heterocycles. The molecule has 2 unspecified atom stereocenters. The van der Waals surface area contributed by atoms with E-state index in [9.17, 15) is 15.0 Å². The molecule has 0 amide bonds. The fraction of sp³-hybridized carbons (Fsp3) is 0.682. The Labute approximate surface area is 159 Å². The molecule has 0 aromatic rings. The largest absolute Gasteiger partial charge is 0.481 e. The van der Waals surface area contributed by atoms with Crippen molar-refractivity contribution in [3.8, 4) is 0 Å². The van der Waals surface area contributed by atoms with Gasteiger partial charge < -0.3 is 15.3 Å². The minimum Gasteiger partial charge on any atom is -0.481 e. The number of aliphatic hydroxyl groups is 2. The Kier molecular flexibility index (Phi) is 17.4. The predicted molar refractivity (Wildman–Crippen MR) is 108 cm³/mol. The molecule has 0 radical (unpaired) electrons. The quantitative estimate of drug-likeness (QED) is 0.245. The molecule has 0 aromatic carbocycles. The van der Waals surface area contributed by atoms with Crippen LogP contribution in [0.5, 0.6) is 0 Å². The number of aliphatic carboxylic acids is 1. The smallest absolute Gasteiger partial charge is 0.303 e. The number of carboxylic acids is 1. The van der Waals surface area contributed by atoms with E-state index in [0.717, 1.165) is 25.7 Å². The van der Waals surface area contributed by atoms with Crippen LogP contribution in [0, 0.1) is 0 Å². The molecule has 0 rings (SSSR count). The van der Waals surface area contributed by atoms with Crippen LogP contribution < -0.4 is 0 Å². The van der Waals surface area contributed by atoms with Gasteiger partial charge in [0.15, 0.2) is 0 Å². The normalized spacial score (nSPS) is 14.6. The van der Waals surface area contributed by atoms with Gasteiger partial charge in [0.2, 0.25) is 0 Å². The monoisotopic (exact) mass is 366 g/mol. The zero-order valence-corrected chi connectivity index (χ0v) is 16.4. The van der Waals surface area contributed by atoms with Crippen LogP contribution in [0.2, 0.25) is 0 Å². The van der Waals surface area contributed by atoms with Gasteiger partial charge >= 0.3 is 5.97 Å². The first-order chi connectivity index (χ1) is 12.6. The van der Waals surface area contributed by atoms with Crippen LogP contribution in [0.3, 0.4) is 0 Å². The summed E-state index contributed by atoms with van der Waals surface area (Å²) >= 11 is 0. The Morgan fingerprint density at radius 2 is 1.46 bits per heavy atom. The number of aliphatic hydroxyl groups excluding tert-OH is 2. The standard InChI is InChI=1S/C22H38O4/c1-2-3-4-5-6-7-8-9-10-11-12-14-17-20(23)21(24)18-15-13-16-19-22(25)26/h6-7,9-10,12,14,20-21,23-24H,2-5,8,11,13,15-19H2,1H3,(H,25,26). The summed E-state index contributed by atoms with van der Waals surface area (Å²) in [5.74, 6) is -0.784. The van der Waals surface area contributed by atoms with Crippen LogP contribution in [-0.4, -0.2) is 33.5 Å². The van der Waals surface area contributed by atoms with Gasteiger partial charge in [0.25, 0.3) is 0 Å². The third kappa shape index (κ3) is 17.4. The van der Waals surface area contributed by atoms with Gasteiger partial charge in [0.1, 0.15) is 0 Å². The number of allylic oxidation sites excluding steroid dienone is 5. The third-order valence-electron chi connectivity index (χ3n) is 4.23. The van der Waals surface area contributed by atoms with Gasteiger partial charge in [-0.1, -0.05) is 69.1 Å². The number of rotatable bonds is 17. The van der Waals surface area contributed by atoms with Gasteiger partial charge in [-0.3, -0.25) is 4.79 Å². The molecule has 0 heterocycles. The summed E-state index contributed by atoms with van der Waals surface area (Å²) < 4.78 is 0. The molecule has 2 atom stereocenters. The zero-order valence-electron chi connectivity index (χ0n) is 16.4. The van der Waals surface area contributed by atoms with E-state index in [4.69, 9.17) is 5.11 Å². The summed E-state index contributed by atoms with van der Waals surface area (Å²) in [4.78, 5) is 10.4. The number of carboxylic acid groups (broad SMARTS) is 1. The summed E-state index contributed by atoms with van der Waals surface area (Å²) in [6, 6.07) is 0. The maximum absolute atomic E-state index is 10.4. The van der Waals surface area contributed by atoms with E-state index < -0.39 is 18.2 Å². The van der Waals surface area contributed by atoms with Crippen molar-refractivity contribution in [3.05, 3.63) is 36.5 Å². The van der Waals surface area contributed by atoms with Gasteiger partial charge in [0, 0.05) is 6.42 Å². The molecule has 0 aromatic heterocycles. The molecule has 4 heteroatoms. The molecular weight excluding hydrogens is 328 g/mol.